The zero-order chi connectivity index (χ0) is 14.5. The van der Waals surface area contributed by atoms with Gasteiger partial charge < -0.3 is 4.74 Å². The van der Waals surface area contributed by atoms with Crippen molar-refractivity contribution in [1.29, 1.82) is 0 Å². The van der Waals surface area contributed by atoms with E-state index in [1.54, 1.807) is 12.1 Å². The Morgan fingerprint density at radius 1 is 1.47 bits per heavy atom. The van der Waals surface area contributed by atoms with Gasteiger partial charge in [-0.2, -0.15) is 4.31 Å². The van der Waals surface area contributed by atoms with Crippen LogP contribution in [0.15, 0.2) is 45.8 Å². The molecule has 104 valence electrons. The number of hydrogen-bond acceptors (Lipinski definition) is 4. The number of rotatable bonds is 5. The van der Waals surface area contributed by atoms with E-state index in [1.807, 2.05) is 0 Å². The van der Waals surface area contributed by atoms with Crippen molar-refractivity contribution in [3.8, 4) is 0 Å². The molecule has 0 unspecified atom stereocenters. The largest absolute Gasteiger partial charge is 0.466 e. The van der Waals surface area contributed by atoms with Crippen molar-refractivity contribution in [2.75, 3.05) is 20.7 Å². The van der Waals surface area contributed by atoms with Gasteiger partial charge in [0.15, 0.2) is 0 Å². The van der Waals surface area contributed by atoms with Crippen molar-refractivity contribution in [3.63, 3.8) is 0 Å². The summed E-state index contributed by atoms with van der Waals surface area (Å²) in [5.74, 6) is -0.520. The minimum atomic E-state index is -3.57. The molecule has 0 bridgehead atoms. The Morgan fingerprint density at radius 3 is 2.74 bits per heavy atom. The van der Waals surface area contributed by atoms with E-state index in [4.69, 9.17) is 0 Å². The minimum absolute atomic E-state index is 0.0872. The SMILES string of the molecule is COC(=O)/C=C/CN(C)S(=O)(=O)c1cccc(Br)c1. The molecule has 0 atom stereocenters. The van der Waals surface area contributed by atoms with Crippen LogP contribution < -0.4 is 0 Å². The van der Waals surface area contributed by atoms with Gasteiger partial charge in [-0.3, -0.25) is 0 Å². The van der Waals surface area contributed by atoms with Gasteiger partial charge in [0, 0.05) is 24.1 Å². The smallest absolute Gasteiger partial charge is 0.330 e. The fourth-order valence-electron chi connectivity index (χ4n) is 1.27. The summed E-state index contributed by atoms with van der Waals surface area (Å²) in [5.41, 5.74) is 0. The van der Waals surface area contributed by atoms with Crippen LogP contribution in [0.2, 0.25) is 0 Å². The van der Waals surface area contributed by atoms with Crippen molar-refractivity contribution in [3.05, 3.63) is 40.9 Å². The van der Waals surface area contributed by atoms with Crippen LogP contribution in [-0.4, -0.2) is 39.4 Å². The van der Waals surface area contributed by atoms with Crippen LogP contribution in [0.4, 0.5) is 0 Å². The lowest BCUT2D eigenvalue weighted by Crippen LogP contribution is -2.27. The maximum absolute atomic E-state index is 12.2. The molecule has 0 N–H and O–H groups in total. The predicted octanol–water partition coefficient (Wildman–Crippen LogP) is 1.80. The Balaban J connectivity index is 2.83. The average Bonchev–Trinajstić information content (AvgIpc) is 2.38. The number of carbonyl (C=O) groups excluding carboxylic acids is 1. The number of benzene rings is 1. The average molecular weight is 348 g/mol. The lowest BCUT2D eigenvalue weighted by atomic mass is 10.4. The van der Waals surface area contributed by atoms with E-state index in [-0.39, 0.29) is 11.4 Å². The van der Waals surface area contributed by atoms with Crippen LogP contribution in [0.25, 0.3) is 0 Å². The molecule has 0 amide bonds. The Kier molecular flexibility index (Phi) is 5.71. The normalized spacial score (nSPS) is 12.0. The number of carbonyl (C=O) groups is 1. The number of sulfonamides is 1. The van der Waals surface area contributed by atoms with E-state index < -0.39 is 16.0 Å². The quantitative estimate of drug-likeness (QED) is 0.601. The molecule has 0 heterocycles. The second-order valence-electron chi connectivity index (χ2n) is 3.67. The topological polar surface area (TPSA) is 63.7 Å². The number of ether oxygens (including phenoxy) is 1. The van der Waals surface area contributed by atoms with Crippen LogP contribution in [0, 0.1) is 0 Å². The van der Waals surface area contributed by atoms with Gasteiger partial charge in [0.1, 0.15) is 0 Å². The highest BCUT2D eigenvalue weighted by Gasteiger charge is 2.19. The number of halogens is 1. The van der Waals surface area contributed by atoms with Gasteiger partial charge in [-0.15, -0.1) is 0 Å². The van der Waals surface area contributed by atoms with Crippen LogP contribution in [-0.2, 0) is 19.6 Å². The van der Waals surface area contributed by atoms with E-state index in [1.165, 1.54) is 38.4 Å². The van der Waals surface area contributed by atoms with Gasteiger partial charge in [0.05, 0.1) is 12.0 Å². The standard InChI is InChI=1S/C12H14BrNO4S/c1-14(8-4-7-12(15)18-2)19(16,17)11-6-3-5-10(13)9-11/h3-7,9H,8H2,1-2H3/b7-4+. The first-order valence-electron chi connectivity index (χ1n) is 5.34. The lowest BCUT2D eigenvalue weighted by Gasteiger charge is -2.15. The van der Waals surface area contributed by atoms with Crippen LogP contribution in [0.3, 0.4) is 0 Å². The molecule has 1 aromatic carbocycles. The molecule has 0 fully saturated rings. The number of esters is 1. The molecule has 0 saturated carbocycles. The van der Waals surface area contributed by atoms with E-state index >= 15 is 0 Å². The Morgan fingerprint density at radius 2 is 2.16 bits per heavy atom. The van der Waals surface area contributed by atoms with Crippen molar-refractivity contribution >= 4 is 31.9 Å². The van der Waals surface area contributed by atoms with Gasteiger partial charge in [-0.05, 0) is 18.2 Å². The highest BCUT2D eigenvalue weighted by Crippen LogP contribution is 2.18. The third-order valence-electron chi connectivity index (χ3n) is 2.32. The number of nitrogens with zero attached hydrogens (tertiary/aromatic N) is 1. The van der Waals surface area contributed by atoms with Gasteiger partial charge in [0.25, 0.3) is 0 Å². The zero-order valence-corrected chi connectivity index (χ0v) is 12.9. The molecule has 5 nitrogen and oxygen atoms in total. The third kappa shape index (κ3) is 4.45. The fourth-order valence-corrected chi connectivity index (χ4v) is 2.99. The lowest BCUT2D eigenvalue weighted by molar-refractivity contribution is -0.134. The summed E-state index contributed by atoms with van der Waals surface area (Å²) < 4.78 is 30.6. The molecular formula is C12H14BrNO4S. The molecule has 0 aliphatic rings. The van der Waals surface area contributed by atoms with Crippen molar-refractivity contribution < 1.29 is 17.9 Å². The summed E-state index contributed by atoms with van der Waals surface area (Å²) in [5, 5.41) is 0. The molecular weight excluding hydrogens is 334 g/mol. The van der Waals surface area contributed by atoms with E-state index in [9.17, 15) is 13.2 Å². The van der Waals surface area contributed by atoms with Gasteiger partial charge >= 0.3 is 5.97 Å². The third-order valence-corrected chi connectivity index (χ3v) is 4.63. The predicted molar refractivity (Wildman–Crippen MR) is 75.1 cm³/mol. The van der Waals surface area contributed by atoms with Crippen LogP contribution in [0.5, 0.6) is 0 Å². The molecule has 0 saturated heterocycles. The molecule has 0 aliphatic heterocycles. The second kappa shape index (κ2) is 6.83. The van der Waals surface area contributed by atoms with Gasteiger partial charge in [0.2, 0.25) is 10.0 Å². The summed E-state index contributed by atoms with van der Waals surface area (Å²) in [6.07, 6.45) is 2.62. The van der Waals surface area contributed by atoms with Crippen LogP contribution >= 0.6 is 15.9 Å². The molecule has 0 spiro atoms. The fraction of sp³-hybridized carbons (Fsp3) is 0.250. The van der Waals surface area contributed by atoms with Crippen molar-refractivity contribution in [2.24, 2.45) is 0 Å². The number of methoxy groups -OCH3 is 1. The summed E-state index contributed by atoms with van der Waals surface area (Å²) in [7, 11) is -0.865. The highest BCUT2D eigenvalue weighted by molar-refractivity contribution is 9.10. The first-order chi connectivity index (χ1) is 8.87. The molecule has 0 radical (unpaired) electrons. The summed E-state index contributed by atoms with van der Waals surface area (Å²) in [6, 6.07) is 6.43. The van der Waals surface area contributed by atoms with E-state index in [0.717, 1.165) is 4.31 Å². The molecule has 19 heavy (non-hydrogen) atoms. The second-order valence-corrected chi connectivity index (χ2v) is 6.63. The molecule has 0 aromatic heterocycles. The van der Waals surface area contributed by atoms with Gasteiger partial charge in [-0.25, -0.2) is 13.2 Å². The maximum atomic E-state index is 12.2. The van der Waals surface area contributed by atoms with E-state index in [0.29, 0.717) is 4.47 Å². The zero-order valence-electron chi connectivity index (χ0n) is 10.5. The van der Waals surface area contributed by atoms with Crippen molar-refractivity contribution in [1.82, 2.24) is 4.31 Å². The molecule has 1 rings (SSSR count). The first-order valence-corrected chi connectivity index (χ1v) is 7.57. The maximum Gasteiger partial charge on any atom is 0.330 e. The highest BCUT2D eigenvalue weighted by atomic mass is 79.9. The molecule has 1 aromatic rings. The first kappa shape index (κ1) is 15.9. The van der Waals surface area contributed by atoms with E-state index in [2.05, 4.69) is 20.7 Å². The Labute approximate surface area is 121 Å². The number of hydrogen-bond donors (Lipinski definition) is 0. The summed E-state index contributed by atoms with van der Waals surface area (Å²) in [4.78, 5) is 11.1. The molecule has 0 aliphatic carbocycles. The Bertz CT molecular complexity index is 583. The van der Waals surface area contributed by atoms with Gasteiger partial charge in [-0.1, -0.05) is 28.1 Å². The summed E-state index contributed by atoms with van der Waals surface area (Å²) in [6.45, 7) is 0.0872. The number of likely N-dealkylation sites (N-methyl/N-ethyl adjacent to an activating group) is 1. The Hall–Kier alpha value is -1.18. The molecule has 7 heteroatoms. The van der Waals surface area contributed by atoms with Crippen molar-refractivity contribution in [2.45, 2.75) is 4.90 Å². The summed E-state index contributed by atoms with van der Waals surface area (Å²) >= 11 is 3.23. The monoisotopic (exact) mass is 347 g/mol. The van der Waals surface area contributed by atoms with Crippen LogP contribution in [0.1, 0.15) is 0 Å². The minimum Gasteiger partial charge on any atom is -0.466 e.